The van der Waals surface area contributed by atoms with Crippen molar-refractivity contribution in [3.63, 3.8) is 0 Å². The van der Waals surface area contributed by atoms with E-state index in [2.05, 4.69) is 0 Å². The first-order valence-electron chi connectivity index (χ1n) is 6.90. The number of hydrogen-bond donors (Lipinski definition) is 0. The minimum Gasteiger partial charge on any atom is -0.413 e. The minimum atomic E-state index is -0.312. The van der Waals surface area contributed by atoms with E-state index < -0.39 is 0 Å². The van der Waals surface area contributed by atoms with E-state index in [0.717, 1.165) is 38.8 Å². The third-order valence-corrected chi connectivity index (χ3v) is 4.09. The first-order valence-corrected chi connectivity index (χ1v) is 6.90. The van der Waals surface area contributed by atoms with Crippen molar-refractivity contribution >= 4 is 14.0 Å². The molecule has 17 heavy (non-hydrogen) atoms. The van der Waals surface area contributed by atoms with Gasteiger partial charge in [0.2, 0.25) is 0 Å². The van der Waals surface area contributed by atoms with Crippen LogP contribution in [0.1, 0.15) is 32.1 Å². The highest BCUT2D eigenvalue weighted by Crippen LogP contribution is 2.33. The maximum absolute atomic E-state index is 5.77. The minimum absolute atomic E-state index is 0.312. The lowest BCUT2D eigenvalue weighted by atomic mass is 9.47. The molecular formula is C11H20B2O4. The predicted molar refractivity (Wildman–Crippen MR) is 65.4 cm³/mol. The average Bonchev–Trinajstić information content (AvgIpc) is 2.94. The Morgan fingerprint density at radius 2 is 1.24 bits per heavy atom. The Morgan fingerprint density at radius 1 is 0.647 bits per heavy atom. The van der Waals surface area contributed by atoms with Crippen LogP contribution in [-0.4, -0.2) is 40.4 Å². The molecule has 2 saturated heterocycles. The number of hydrogen-bond acceptors (Lipinski definition) is 4. The molecule has 94 valence electrons. The summed E-state index contributed by atoms with van der Waals surface area (Å²) in [6, 6.07) is 0. The van der Waals surface area contributed by atoms with Crippen molar-refractivity contribution in [2.45, 2.75) is 32.1 Å². The van der Waals surface area contributed by atoms with Crippen LogP contribution in [0.15, 0.2) is 0 Å². The van der Waals surface area contributed by atoms with Crippen LogP contribution in [0.2, 0.25) is 0 Å². The fraction of sp³-hybridized carbons (Fsp3) is 1.00. The predicted octanol–water partition coefficient (Wildman–Crippen LogP) is 1.33. The first-order chi connectivity index (χ1) is 8.43. The average molecular weight is 238 g/mol. The zero-order valence-corrected chi connectivity index (χ0v) is 10.3. The fourth-order valence-corrected chi connectivity index (χ4v) is 3.05. The molecule has 0 aromatic rings. The molecule has 0 atom stereocenters. The van der Waals surface area contributed by atoms with Gasteiger partial charge in [0.15, 0.2) is 0 Å². The SMILES string of the molecule is C1COB(B2OCC(C3CCCC3)CO2)OC1. The summed E-state index contributed by atoms with van der Waals surface area (Å²) >= 11 is 0. The summed E-state index contributed by atoms with van der Waals surface area (Å²) in [6.07, 6.45) is 6.41. The van der Waals surface area contributed by atoms with E-state index in [-0.39, 0.29) is 14.0 Å². The topological polar surface area (TPSA) is 36.9 Å². The summed E-state index contributed by atoms with van der Waals surface area (Å²) in [5.74, 6) is 1.39. The van der Waals surface area contributed by atoms with Gasteiger partial charge >= 0.3 is 14.0 Å². The lowest BCUT2D eigenvalue weighted by Gasteiger charge is -2.33. The maximum Gasteiger partial charge on any atom is 0.488 e. The van der Waals surface area contributed by atoms with Gasteiger partial charge in [-0.1, -0.05) is 25.7 Å². The molecule has 0 unspecified atom stereocenters. The van der Waals surface area contributed by atoms with Crippen LogP contribution in [-0.2, 0) is 18.6 Å². The monoisotopic (exact) mass is 238 g/mol. The summed E-state index contributed by atoms with van der Waals surface area (Å²) in [4.78, 5) is 0. The lowest BCUT2D eigenvalue weighted by Crippen LogP contribution is -2.52. The Balaban J connectivity index is 1.46. The van der Waals surface area contributed by atoms with Crippen molar-refractivity contribution in [1.29, 1.82) is 0 Å². The van der Waals surface area contributed by atoms with Crippen molar-refractivity contribution in [3.8, 4) is 0 Å². The summed E-state index contributed by atoms with van der Waals surface area (Å²) in [5, 5.41) is 0. The van der Waals surface area contributed by atoms with Crippen LogP contribution in [0, 0.1) is 11.8 Å². The van der Waals surface area contributed by atoms with E-state index in [9.17, 15) is 0 Å². The van der Waals surface area contributed by atoms with Crippen LogP contribution in [0.3, 0.4) is 0 Å². The zero-order chi connectivity index (χ0) is 11.5. The van der Waals surface area contributed by atoms with E-state index in [1.54, 1.807) is 0 Å². The van der Waals surface area contributed by atoms with Gasteiger partial charge in [0.05, 0.1) is 0 Å². The van der Waals surface area contributed by atoms with Gasteiger partial charge in [0.25, 0.3) is 0 Å². The molecule has 0 aromatic carbocycles. The number of rotatable bonds is 2. The van der Waals surface area contributed by atoms with Crippen LogP contribution < -0.4 is 0 Å². The quantitative estimate of drug-likeness (QED) is 0.680. The van der Waals surface area contributed by atoms with Crippen LogP contribution >= 0.6 is 0 Å². The van der Waals surface area contributed by atoms with E-state index in [1.165, 1.54) is 25.7 Å². The summed E-state index contributed by atoms with van der Waals surface area (Å²) in [7, 11) is -0.624. The molecule has 3 aliphatic rings. The second-order valence-electron chi connectivity index (χ2n) is 5.30. The summed E-state index contributed by atoms with van der Waals surface area (Å²) in [6.45, 7) is 3.11. The van der Waals surface area contributed by atoms with Crippen molar-refractivity contribution in [2.75, 3.05) is 26.4 Å². The van der Waals surface area contributed by atoms with Crippen molar-refractivity contribution in [3.05, 3.63) is 0 Å². The molecule has 2 heterocycles. The normalized spacial score (nSPS) is 28.9. The van der Waals surface area contributed by atoms with E-state index in [0.29, 0.717) is 5.92 Å². The van der Waals surface area contributed by atoms with Crippen molar-refractivity contribution < 1.29 is 18.6 Å². The van der Waals surface area contributed by atoms with Gasteiger partial charge in [-0.2, -0.15) is 0 Å². The zero-order valence-electron chi connectivity index (χ0n) is 10.3. The van der Waals surface area contributed by atoms with Crippen LogP contribution in [0.25, 0.3) is 0 Å². The van der Waals surface area contributed by atoms with Gasteiger partial charge < -0.3 is 18.6 Å². The first kappa shape index (κ1) is 12.0. The van der Waals surface area contributed by atoms with E-state index >= 15 is 0 Å². The Kier molecular flexibility index (Phi) is 4.06. The molecule has 1 saturated carbocycles. The molecule has 0 bridgehead atoms. The molecule has 6 heteroatoms. The molecule has 0 aromatic heterocycles. The molecule has 3 rings (SSSR count). The van der Waals surface area contributed by atoms with E-state index in [1.807, 2.05) is 0 Å². The molecule has 1 aliphatic carbocycles. The molecule has 0 amide bonds. The molecule has 4 nitrogen and oxygen atoms in total. The molecular weight excluding hydrogens is 218 g/mol. The molecule has 0 N–H and O–H groups in total. The summed E-state index contributed by atoms with van der Waals surface area (Å²) < 4.78 is 22.6. The third-order valence-electron chi connectivity index (χ3n) is 4.09. The van der Waals surface area contributed by atoms with Gasteiger partial charge in [0, 0.05) is 32.3 Å². The van der Waals surface area contributed by atoms with Crippen LogP contribution in [0.4, 0.5) is 0 Å². The fourth-order valence-electron chi connectivity index (χ4n) is 3.05. The van der Waals surface area contributed by atoms with Gasteiger partial charge in [-0.3, -0.25) is 0 Å². The molecule has 3 fully saturated rings. The highest BCUT2D eigenvalue weighted by Gasteiger charge is 2.44. The highest BCUT2D eigenvalue weighted by molar-refractivity contribution is 7.10. The Morgan fingerprint density at radius 3 is 1.88 bits per heavy atom. The van der Waals surface area contributed by atoms with Crippen molar-refractivity contribution in [2.24, 2.45) is 11.8 Å². The highest BCUT2D eigenvalue weighted by atomic mass is 16.7. The standard InChI is InChI=1S/C11H20B2O4/c1-2-5-10(4-1)11-8-16-13(17-9-11)12-14-6-3-7-15-12/h10-11H,1-9H2. The van der Waals surface area contributed by atoms with Gasteiger partial charge in [-0.05, 0) is 12.3 Å². The van der Waals surface area contributed by atoms with Crippen LogP contribution in [0.5, 0.6) is 0 Å². The van der Waals surface area contributed by atoms with Gasteiger partial charge in [0.1, 0.15) is 0 Å². The summed E-state index contributed by atoms with van der Waals surface area (Å²) in [5.41, 5.74) is 0. The largest absolute Gasteiger partial charge is 0.488 e. The van der Waals surface area contributed by atoms with E-state index in [4.69, 9.17) is 18.6 Å². The Labute approximate surface area is 104 Å². The maximum atomic E-state index is 5.77. The van der Waals surface area contributed by atoms with Gasteiger partial charge in [-0.15, -0.1) is 0 Å². The molecule has 0 radical (unpaired) electrons. The Hall–Kier alpha value is -0.0301. The van der Waals surface area contributed by atoms with Crippen molar-refractivity contribution in [1.82, 2.24) is 0 Å². The Bertz CT molecular complexity index is 234. The third kappa shape index (κ3) is 2.87. The second-order valence-corrected chi connectivity index (χ2v) is 5.30. The molecule has 2 aliphatic heterocycles. The smallest absolute Gasteiger partial charge is 0.413 e. The lowest BCUT2D eigenvalue weighted by molar-refractivity contribution is 0.0463. The van der Waals surface area contributed by atoms with Gasteiger partial charge in [-0.25, -0.2) is 0 Å². The second kappa shape index (κ2) is 5.74. The molecule has 0 spiro atoms.